The average Bonchev–Trinajstić information content (AvgIpc) is 2.35. The molecule has 0 aliphatic carbocycles. The summed E-state index contributed by atoms with van der Waals surface area (Å²) >= 11 is 0. The molecule has 0 spiro atoms. The van der Waals surface area contributed by atoms with Gasteiger partial charge in [-0.3, -0.25) is 0 Å². The van der Waals surface area contributed by atoms with Gasteiger partial charge in [0.05, 0.1) is 12.0 Å². The van der Waals surface area contributed by atoms with Crippen LogP contribution in [-0.2, 0) is 6.54 Å². The maximum atomic E-state index is 4.26. The molecule has 13 heavy (non-hydrogen) atoms. The van der Waals surface area contributed by atoms with Gasteiger partial charge in [0.1, 0.15) is 0 Å². The number of hydrogen-bond donors (Lipinski definition) is 0. The van der Waals surface area contributed by atoms with Gasteiger partial charge >= 0.3 is 0 Å². The van der Waals surface area contributed by atoms with E-state index in [1.807, 2.05) is 6.33 Å². The Morgan fingerprint density at radius 1 is 1.38 bits per heavy atom. The number of rotatable bonds is 4. The van der Waals surface area contributed by atoms with Crippen LogP contribution in [0.3, 0.4) is 0 Å². The van der Waals surface area contributed by atoms with Gasteiger partial charge in [-0.1, -0.05) is 0 Å². The summed E-state index contributed by atoms with van der Waals surface area (Å²) in [5.74, 6) is 0. The van der Waals surface area contributed by atoms with Crippen molar-refractivity contribution in [3.8, 4) is 0 Å². The standard InChI is InChI=1S/C10H19N3/c1-9-10(2)13(8-11-9)7-5-6-12(3)4/h8H,5-7H2,1-4H3. The Labute approximate surface area is 80.4 Å². The molecule has 74 valence electrons. The van der Waals surface area contributed by atoms with Gasteiger partial charge in [0, 0.05) is 12.2 Å². The van der Waals surface area contributed by atoms with E-state index in [0.717, 1.165) is 18.8 Å². The Morgan fingerprint density at radius 3 is 2.54 bits per heavy atom. The van der Waals surface area contributed by atoms with Crippen LogP contribution in [0.5, 0.6) is 0 Å². The smallest absolute Gasteiger partial charge is 0.0951 e. The van der Waals surface area contributed by atoms with E-state index in [1.54, 1.807) is 0 Å². The number of aryl methyl sites for hydroxylation is 2. The van der Waals surface area contributed by atoms with Crippen molar-refractivity contribution in [3.05, 3.63) is 17.7 Å². The van der Waals surface area contributed by atoms with Crippen molar-refractivity contribution in [3.63, 3.8) is 0 Å². The lowest BCUT2D eigenvalue weighted by Crippen LogP contribution is -2.15. The van der Waals surface area contributed by atoms with Crippen LogP contribution >= 0.6 is 0 Å². The Balaban J connectivity index is 2.41. The van der Waals surface area contributed by atoms with Gasteiger partial charge in [-0.25, -0.2) is 4.98 Å². The molecule has 1 aromatic rings. The van der Waals surface area contributed by atoms with Crippen LogP contribution in [0.2, 0.25) is 0 Å². The summed E-state index contributed by atoms with van der Waals surface area (Å²) in [6.45, 7) is 6.39. The monoisotopic (exact) mass is 181 g/mol. The third-order valence-electron chi connectivity index (χ3n) is 2.35. The molecule has 1 heterocycles. The predicted octanol–water partition coefficient (Wildman–Crippen LogP) is 1.45. The van der Waals surface area contributed by atoms with Crippen molar-refractivity contribution < 1.29 is 0 Å². The molecule has 1 rings (SSSR count). The molecule has 0 unspecified atom stereocenters. The van der Waals surface area contributed by atoms with Gasteiger partial charge < -0.3 is 9.47 Å². The van der Waals surface area contributed by atoms with Crippen molar-refractivity contribution in [2.75, 3.05) is 20.6 Å². The number of hydrogen-bond acceptors (Lipinski definition) is 2. The van der Waals surface area contributed by atoms with E-state index < -0.39 is 0 Å². The van der Waals surface area contributed by atoms with Crippen LogP contribution in [0, 0.1) is 13.8 Å². The molecule has 0 aromatic carbocycles. The molecule has 1 aromatic heterocycles. The van der Waals surface area contributed by atoms with Crippen LogP contribution in [-0.4, -0.2) is 35.1 Å². The molecule has 3 nitrogen and oxygen atoms in total. The Kier molecular flexibility index (Phi) is 3.48. The zero-order valence-electron chi connectivity index (χ0n) is 9.04. The average molecular weight is 181 g/mol. The molecule has 3 heteroatoms. The number of aromatic nitrogens is 2. The molecule has 0 N–H and O–H groups in total. The van der Waals surface area contributed by atoms with Crippen molar-refractivity contribution in [1.29, 1.82) is 0 Å². The summed E-state index contributed by atoms with van der Waals surface area (Å²) < 4.78 is 2.22. The summed E-state index contributed by atoms with van der Waals surface area (Å²) in [4.78, 5) is 6.47. The summed E-state index contributed by atoms with van der Waals surface area (Å²) in [5, 5.41) is 0. The van der Waals surface area contributed by atoms with Crippen LogP contribution in [0.15, 0.2) is 6.33 Å². The first-order chi connectivity index (χ1) is 6.11. The van der Waals surface area contributed by atoms with Gasteiger partial charge in [-0.2, -0.15) is 0 Å². The van der Waals surface area contributed by atoms with Crippen molar-refractivity contribution in [2.24, 2.45) is 0 Å². The second-order valence-electron chi connectivity index (χ2n) is 3.77. The quantitative estimate of drug-likeness (QED) is 0.701. The van der Waals surface area contributed by atoms with Crippen LogP contribution < -0.4 is 0 Å². The second kappa shape index (κ2) is 4.42. The minimum absolute atomic E-state index is 1.07. The SMILES string of the molecule is Cc1ncn(CCCN(C)C)c1C. The maximum absolute atomic E-state index is 4.26. The summed E-state index contributed by atoms with van der Waals surface area (Å²) in [6.07, 6.45) is 3.12. The van der Waals surface area contributed by atoms with E-state index in [0.29, 0.717) is 0 Å². The lowest BCUT2D eigenvalue weighted by Gasteiger charge is -2.10. The highest BCUT2D eigenvalue weighted by Crippen LogP contribution is 2.04. The van der Waals surface area contributed by atoms with Gasteiger partial charge in [0.15, 0.2) is 0 Å². The lowest BCUT2D eigenvalue weighted by molar-refractivity contribution is 0.385. The highest BCUT2D eigenvalue weighted by atomic mass is 15.1. The molecule has 0 aliphatic rings. The van der Waals surface area contributed by atoms with Gasteiger partial charge in [-0.05, 0) is 40.9 Å². The van der Waals surface area contributed by atoms with Gasteiger partial charge in [0.2, 0.25) is 0 Å². The van der Waals surface area contributed by atoms with E-state index in [2.05, 4.69) is 42.4 Å². The van der Waals surface area contributed by atoms with E-state index >= 15 is 0 Å². The summed E-state index contributed by atoms with van der Waals surface area (Å²) in [7, 11) is 4.21. The fourth-order valence-electron chi connectivity index (χ4n) is 1.33. The third-order valence-corrected chi connectivity index (χ3v) is 2.35. The Bertz CT molecular complexity index is 263. The number of imidazole rings is 1. The van der Waals surface area contributed by atoms with Crippen LogP contribution in [0.25, 0.3) is 0 Å². The first kappa shape index (κ1) is 10.3. The molecule has 0 saturated carbocycles. The van der Waals surface area contributed by atoms with E-state index in [9.17, 15) is 0 Å². The normalized spacial score (nSPS) is 11.2. The molecule has 0 fully saturated rings. The molecular formula is C10H19N3. The third kappa shape index (κ3) is 2.84. The molecule has 0 atom stereocenters. The highest BCUT2D eigenvalue weighted by molar-refractivity contribution is 5.08. The Morgan fingerprint density at radius 2 is 2.08 bits per heavy atom. The largest absolute Gasteiger partial charge is 0.335 e. The summed E-state index contributed by atoms with van der Waals surface area (Å²) in [6, 6.07) is 0. The first-order valence-corrected chi connectivity index (χ1v) is 4.74. The van der Waals surface area contributed by atoms with Crippen LogP contribution in [0.1, 0.15) is 17.8 Å². The molecule has 0 bridgehead atoms. The zero-order valence-corrected chi connectivity index (χ0v) is 9.04. The molecular weight excluding hydrogens is 162 g/mol. The van der Waals surface area contributed by atoms with Crippen molar-refractivity contribution in [2.45, 2.75) is 26.8 Å². The fourth-order valence-corrected chi connectivity index (χ4v) is 1.33. The summed E-state index contributed by atoms with van der Waals surface area (Å²) in [5.41, 5.74) is 2.43. The second-order valence-corrected chi connectivity index (χ2v) is 3.77. The van der Waals surface area contributed by atoms with Gasteiger partial charge in [0.25, 0.3) is 0 Å². The molecule has 0 radical (unpaired) electrons. The van der Waals surface area contributed by atoms with E-state index in [4.69, 9.17) is 0 Å². The zero-order chi connectivity index (χ0) is 9.84. The first-order valence-electron chi connectivity index (χ1n) is 4.74. The topological polar surface area (TPSA) is 21.1 Å². The fraction of sp³-hybridized carbons (Fsp3) is 0.700. The Hall–Kier alpha value is -0.830. The van der Waals surface area contributed by atoms with Crippen molar-refractivity contribution >= 4 is 0 Å². The number of nitrogens with zero attached hydrogens (tertiary/aromatic N) is 3. The van der Waals surface area contributed by atoms with E-state index in [1.165, 1.54) is 12.1 Å². The minimum atomic E-state index is 1.07. The van der Waals surface area contributed by atoms with Gasteiger partial charge in [-0.15, -0.1) is 0 Å². The van der Waals surface area contributed by atoms with Crippen molar-refractivity contribution in [1.82, 2.24) is 14.5 Å². The molecule has 0 aliphatic heterocycles. The highest BCUT2D eigenvalue weighted by Gasteiger charge is 2.00. The predicted molar refractivity (Wildman–Crippen MR) is 54.9 cm³/mol. The minimum Gasteiger partial charge on any atom is -0.335 e. The van der Waals surface area contributed by atoms with Crippen LogP contribution in [0.4, 0.5) is 0 Å². The lowest BCUT2D eigenvalue weighted by atomic mass is 10.3. The molecule has 0 saturated heterocycles. The van der Waals surface area contributed by atoms with E-state index in [-0.39, 0.29) is 0 Å². The maximum Gasteiger partial charge on any atom is 0.0951 e. The molecule has 0 amide bonds.